The molecule has 29 heavy (non-hydrogen) atoms. The van der Waals surface area contributed by atoms with Gasteiger partial charge < -0.3 is 34.6 Å². The van der Waals surface area contributed by atoms with Crippen LogP contribution in [0.5, 0.6) is 0 Å². The van der Waals surface area contributed by atoms with Crippen LogP contribution in [0, 0.1) is 23.7 Å². The average molecular weight is 410 g/mol. The minimum Gasteiger partial charge on any atom is -0.461 e. The number of carbonyl (C=O) groups is 1. The van der Waals surface area contributed by atoms with Crippen LogP contribution >= 0.6 is 0 Å². The van der Waals surface area contributed by atoms with Crippen molar-refractivity contribution in [2.24, 2.45) is 23.7 Å². The maximum absolute atomic E-state index is 12.2. The van der Waals surface area contributed by atoms with Crippen LogP contribution in [-0.2, 0) is 19.0 Å². The number of esters is 1. The van der Waals surface area contributed by atoms with E-state index in [0.29, 0.717) is 6.42 Å². The van der Waals surface area contributed by atoms with Crippen molar-refractivity contribution in [2.75, 3.05) is 6.61 Å². The van der Waals surface area contributed by atoms with Gasteiger partial charge in [-0.1, -0.05) is 25.7 Å². The van der Waals surface area contributed by atoms with Gasteiger partial charge in [0.2, 0.25) is 0 Å². The van der Waals surface area contributed by atoms with Gasteiger partial charge in [-0.15, -0.1) is 0 Å². The Hall–Kier alpha value is -1.29. The van der Waals surface area contributed by atoms with Crippen molar-refractivity contribution in [2.45, 2.75) is 69.1 Å². The van der Waals surface area contributed by atoms with E-state index in [4.69, 9.17) is 14.2 Å². The Morgan fingerprint density at radius 2 is 1.90 bits per heavy atom. The summed E-state index contributed by atoms with van der Waals surface area (Å²) in [7, 11) is 0. The van der Waals surface area contributed by atoms with Crippen molar-refractivity contribution in [3.63, 3.8) is 0 Å². The minimum atomic E-state index is -1.50. The van der Waals surface area contributed by atoms with E-state index in [0.717, 1.165) is 24.0 Å². The molecule has 8 heteroatoms. The zero-order valence-corrected chi connectivity index (χ0v) is 16.5. The number of hydrogen-bond acceptors (Lipinski definition) is 8. The summed E-state index contributed by atoms with van der Waals surface area (Å²) in [6.45, 7) is 9.84. The Balaban J connectivity index is 1.53. The summed E-state index contributed by atoms with van der Waals surface area (Å²) in [6, 6.07) is 0. The van der Waals surface area contributed by atoms with Crippen LogP contribution in [0.4, 0.5) is 0 Å². The predicted molar refractivity (Wildman–Crippen MR) is 100 cm³/mol. The normalized spacial score (nSPS) is 50.1. The van der Waals surface area contributed by atoms with Crippen molar-refractivity contribution in [3.8, 4) is 0 Å². The molecule has 4 fully saturated rings. The fourth-order valence-electron chi connectivity index (χ4n) is 5.43. The van der Waals surface area contributed by atoms with Crippen molar-refractivity contribution in [1.29, 1.82) is 0 Å². The molecule has 0 spiro atoms. The molecule has 4 N–H and O–H groups in total. The number of ether oxygens (including phenoxy) is 3. The van der Waals surface area contributed by atoms with Gasteiger partial charge >= 0.3 is 5.97 Å². The number of allylic oxidation sites excluding steroid dienone is 1. The summed E-state index contributed by atoms with van der Waals surface area (Å²) in [5.74, 6) is -0.302. The van der Waals surface area contributed by atoms with Gasteiger partial charge in [-0.2, -0.15) is 0 Å². The molecule has 2 aliphatic heterocycles. The van der Waals surface area contributed by atoms with E-state index in [9.17, 15) is 25.2 Å². The van der Waals surface area contributed by atoms with Crippen LogP contribution in [0.1, 0.15) is 26.2 Å². The third-order valence-electron chi connectivity index (χ3n) is 7.26. The number of hydrogen-bond donors (Lipinski definition) is 4. The number of carbonyl (C=O) groups excluding carboxylic acids is 1. The van der Waals surface area contributed by atoms with Crippen LogP contribution in [0.3, 0.4) is 0 Å². The Bertz CT molecular complexity index is 690. The van der Waals surface area contributed by atoms with E-state index >= 15 is 0 Å². The van der Waals surface area contributed by atoms with E-state index < -0.39 is 43.4 Å². The molecule has 0 aromatic heterocycles. The second-order valence-corrected chi connectivity index (χ2v) is 8.82. The fourth-order valence-corrected chi connectivity index (χ4v) is 5.43. The predicted octanol–water partition coefficient (Wildman–Crippen LogP) is -0.109. The van der Waals surface area contributed by atoms with Gasteiger partial charge in [0.1, 0.15) is 30.5 Å². The fraction of sp³-hybridized carbons (Fsp3) is 0.762. The molecule has 4 rings (SSSR count). The molecule has 8 nitrogen and oxygen atoms in total. The van der Waals surface area contributed by atoms with Crippen LogP contribution < -0.4 is 0 Å². The lowest BCUT2D eigenvalue weighted by Gasteiger charge is -2.40. The number of fused-ring (bicyclic) bond motifs is 3. The largest absolute Gasteiger partial charge is 0.461 e. The molecular formula is C21H30O8. The molecule has 4 aliphatic rings. The summed E-state index contributed by atoms with van der Waals surface area (Å²) < 4.78 is 17.2. The molecule has 0 aromatic carbocycles. The molecule has 0 amide bonds. The highest BCUT2D eigenvalue weighted by Crippen LogP contribution is 2.53. The molecule has 2 saturated heterocycles. The number of aliphatic hydroxyl groups is 4. The van der Waals surface area contributed by atoms with Crippen molar-refractivity contribution in [1.82, 2.24) is 0 Å². The van der Waals surface area contributed by atoms with Crippen LogP contribution in [0.15, 0.2) is 24.3 Å². The molecule has 2 saturated carbocycles. The molecular weight excluding hydrogens is 380 g/mol. The van der Waals surface area contributed by atoms with Gasteiger partial charge in [-0.25, -0.2) is 0 Å². The highest BCUT2D eigenvalue weighted by molar-refractivity contribution is 5.75. The van der Waals surface area contributed by atoms with Gasteiger partial charge in [-0.3, -0.25) is 4.79 Å². The average Bonchev–Trinajstić information content (AvgIpc) is 3.11. The lowest BCUT2D eigenvalue weighted by Crippen LogP contribution is -2.59. The smallest absolute Gasteiger partial charge is 0.309 e. The summed E-state index contributed by atoms with van der Waals surface area (Å²) in [5, 5.41) is 39.6. The quantitative estimate of drug-likeness (QED) is 0.375. The molecule has 0 aromatic rings. The van der Waals surface area contributed by atoms with Gasteiger partial charge in [-0.05, 0) is 30.8 Å². The van der Waals surface area contributed by atoms with E-state index in [1.165, 1.54) is 0 Å². The monoisotopic (exact) mass is 410 g/mol. The number of rotatable bonds is 3. The molecule has 2 heterocycles. The van der Waals surface area contributed by atoms with E-state index in [2.05, 4.69) is 13.2 Å². The Kier molecular flexibility index (Phi) is 5.61. The highest BCUT2D eigenvalue weighted by Gasteiger charge is 2.55. The van der Waals surface area contributed by atoms with Gasteiger partial charge in [0.15, 0.2) is 6.29 Å². The van der Waals surface area contributed by atoms with Gasteiger partial charge in [0.05, 0.1) is 18.6 Å². The Morgan fingerprint density at radius 3 is 2.59 bits per heavy atom. The first-order valence-corrected chi connectivity index (χ1v) is 10.3. The van der Waals surface area contributed by atoms with Crippen LogP contribution in [0.25, 0.3) is 0 Å². The second kappa shape index (κ2) is 7.76. The van der Waals surface area contributed by atoms with E-state index in [1.807, 2.05) is 6.92 Å². The topological polar surface area (TPSA) is 126 Å². The summed E-state index contributed by atoms with van der Waals surface area (Å²) in [6.07, 6.45) is -5.18. The number of aliphatic hydroxyl groups excluding tert-OH is 4. The van der Waals surface area contributed by atoms with E-state index in [1.54, 1.807) is 0 Å². The first-order valence-electron chi connectivity index (χ1n) is 10.3. The third-order valence-corrected chi connectivity index (χ3v) is 7.26. The third kappa shape index (κ3) is 3.36. The minimum absolute atomic E-state index is 0.0467. The molecule has 162 valence electrons. The zero-order chi connectivity index (χ0) is 21.0. The van der Waals surface area contributed by atoms with E-state index in [-0.39, 0.29) is 35.7 Å². The molecule has 11 atom stereocenters. The Morgan fingerprint density at radius 1 is 1.17 bits per heavy atom. The summed E-state index contributed by atoms with van der Waals surface area (Å²) >= 11 is 0. The van der Waals surface area contributed by atoms with Gasteiger partial charge in [0.25, 0.3) is 0 Å². The van der Waals surface area contributed by atoms with Crippen LogP contribution in [0.2, 0.25) is 0 Å². The Labute approximate surface area is 169 Å². The first-order chi connectivity index (χ1) is 13.7. The maximum Gasteiger partial charge on any atom is 0.309 e. The molecule has 0 radical (unpaired) electrons. The standard InChI is InChI=1S/C21H30O8/c1-8-4-5-11-9(2)20(26)29-19(11)15-10(3)13(6-12(8)15)27-21-18(25)17(24)16(23)14(7-22)28-21/h9,11-19,21-25H,1,3-7H2,2H3/t9-,11+,12+,13+,14-,15+,16-,17+,18-,19+,21-/m1/s1. The lowest BCUT2D eigenvalue weighted by molar-refractivity contribution is -0.308. The molecule has 0 unspecified atom stereocenters. The summed E-state index contributed by atoms with van der Waals surface area (Å²) in [5.41, 5.74) is 1.83. The SMILES string of the molecule is C=C1[C@@H]2[C@H]3OC(=O)[C@H](C)[C@@H]3CCC(=C)[C@@H]2C[C@@H]1O[C@@H]1O[C@H](CO)[C@@H](O)[C@H](O)[C@H]1O. The molecule has 2 aliphatic carbocycles. The first kappa shape index (κ1) is 21.0. The van der Waals surface area contributed by atoms with Crippen molar-refractivity contribution >= 4 is 5.97 Å². The van der Waals surface area contributed by atoms with Crippen molar-refractivity contribution in [3.05, 3.63) is 24.3 Å². The lowest BCUT2D eigenvalue weighted by atomic mass is 9.80. The summed E-state index contributed by atoms with van der Waals surface area (Å²) in [4.78, 5) is 12.2. The molecule has 0 bridgehead atoms. The zero-order valence-electron chi connectivity index (χ0n) is 16.5. The second-order valence-electron chi connectivity index (χ2n) is 8.82. The highest BCUT2D eigenvalue weighted by atomic mass is 16.7. The van der Waals surface area contributed by atoms with Crippen molar-refractivity contribution < 1.29 is 39.4 Å². The van der Waals surface area contributed by atoms with Crippen LogP contribution in [-0.4, -0.2) is 75.9 Å². The van der Waals surface area contributed by atoms with Gasteiger partial charge in [0, 0.05) is 11.8 Å². The maximum atomic E-state index is 12.2.